The Kier molecular flexibility index (Phi) is 3.24. The van der Waals surface area contributed by atoms with Crippen molar-refractivity contribution in [1.29, 1.82) is 0 Å². The molecule has 3 rings (SSSR count). The molecule has 3 aliphatic rings. The first kappa shape index (κ1) is 11.0. The number of hydrogen-bond donors (Lipinski definition) is 1. The van der Waals surface area contributed by atoms with Crippen molar-refractivity contribution in [3.05, 3.63) is 0 Å². The minimum absolute atomic E-state index is 0.692. The standard InChI is InChI=1S/C8H15O4PS/c9-13-10-8(11-13,12-13)6-4-2-1-3-5-7-14/h14H,1-7H2. The fraction of sp³-hybridized carbons (Fsp3) is 1.00. The maximum absolute atomic E-state index is 10.8. The van der Waals surface area contributed by atoms with Crippen LogP contribution >= 0.6 is 20.5 Å². The molecule has 0 aliphatic carbocycles. The Morgan fingerprint density at radius 1 is 1.00 bits per heavy atom. The summed E-state index contributed by atoms with van der Waals surface area (Å²) in [4.78, 5) is 0. The van der Waals surface area contributed by atoms with Gasteiger partial charge in [-0.25, -0.2) is 18.1 Å². The zero-order valence-electron chi connectivity index (χ0n) is 7.98. The Labute approximate surface area is 89.3 Å². The third-order valence-electron chi connectivity index (χ3n) is 2.39. The maximum Gasteiger partial charge on any atom is 0.488 e. The normalized spacial score (nSPS) is 38.9. The van der Waals surface area contributed by atoms with Crippen molar-refractivity contribution in [2.24, 2.45) is 0 Å². The lowest BCUT2D eigenvalue weighted by Crippen LogP contribution is -2.56. The van der Waals surface area contributed by atoms with Gasteiger partial charge in [-0.15, -0.1) is 0 Å². The molecular formula is C8H15O4PS. The first-order chi connectivity index (χ1) is 6.68. The van der Waals surface area contributed by atoms with Crippen molar-refractivity contribution in [1.82, 2.24) is 0 Å². The molecule has 0 unspecified atom stereocenters. The van der Waals surface area contributed by atoms with Crippen LogP contribution < -0.4 is 0 Å². The van der Waals surface area contributed by atoms with Gasteiger partial charge >= 0.3 is 13.8 Å². The van der Waals surface area contributed by atoms with Crippen LogP contribution in [0.4, 0.5) is 0 Å². The Balaban J connectivity index is 1.47. The summed E-state index contributed by atoms with van der Waals surface area (Å²) in [6, 6.07) is 0. The summed E-state index contributed by atoms with van der Waals surface area (Å²) in [5.41, 5.74) is 0. The molecular weight excluding hydrogens is 223 g/mol. The van der Waals surface area contributed by atoms with Crippen LogP contribution in [0.5, 0.6) is 0 Å². The molecule has 3 aliphatic heterocycles. The quantitative estimate of drug-likeness (QED) is 0.420. The molecule has 2 bridgehead atoms. The summed E-state index contributed by atoms with van der Waals surface area (Å²) >= 11 is 4.14. The average Bonchev–Trinajstić information content (AvgIpc) is 2.06. The van der Waals surface area contributed by atoms with Gasteiger partial charge in [-0.1, -0.05) is 19.3 Å². The van der Waals surface area contributed by atoms with Crippen molar-refractivity contribution in [3.63, 3.8) is 0 Å². The molecule has 3 saturated heterocycles. The van der Waals surface area contributed by atoms with E-state index >= 15 is 0 Å². The second kappa shape index (κ2) is 4.14. The third-order valence-corrected chi connectivity index (χ3v) is 4.22. The predicted molar refractivity (Wildman–Crippen MR) is 55.1 cm³/mol. The zero-order valence-corrected chi connectivity index (χ0v) is 9.77. The van der Waals surface area contributed by atoms with E-state index in [0.717, 1.165) is 18.6 Å². The fourth-order valence-electron chi connectivity index (χ4n) is 1.65. The Bertz CT molecular complexity index is 231. The second-order valence-electron chi connectivity index (χ2n) is 3.65. The summed E-state index contributed by atoms with van der Waals surface area (Å²) in [5, 5.41) is 0. The lowest BCUT2D eigenvalue weighted by molar-refractivity contribution is -0.430. The largest absolute Gasteiger partial charge is 0.488 e. The highest BCUT2D eigenvalue weighted by Gasteiger charge is 2.74. The van der Waals surface area contributed by atoms with Crippen LogP contribution in [-0.4, -0.2) is 11.7 Å². The van der Waals surface area contributed by atoms with E-state index in [2.05, 4.69) is 12.6 Å². The SMILES string of the molecule is O=P12OC(CCCCCCCS)(O1)O2. The van der Waals surface area contributed by atoms with Gasteiger partial charge in [-0.05, 0) is 18.6 Å². The molecule has 0 atom stereocenters. The van der Waals surface area contributed by atoms with Crippen LogP contribution in [0, 0.1) is 0 Å². The summed E-state index contributed by atoms with van der Waals surface area (Å²) in [5.74, 6) is 0.0571. The van der Waals surface area contributed by atoms with Gasteiger partial charge in [0.15, 0.2) is 0 Å². The molecule has 0 saturated carbocycles. The minimum atomic E-state index is -2.96. The smallest absolute Gasteiger partial charge is 0.227 e. The van der Waals surface area contributed by atoms with Gasteiger partial charge in [0.05, 0.1) is 0 Å². The molecule has 4 nitrogen and oxygen atoms in total. The van der Waals surface area contributed by atoms with Crippen LogP contribution in [0.25, 0.3) is 0 Å². The molecule has 14 heavy (non-hydrogen) atoms. The lowest BCUT2D eigenvalue weighted by Gasteiger charge is -2.55. The van der Waals surface area contributed by atoms with E-state index in [1.807, 2.05) is 0 Å². The number of hydrogen-bond acceptors (Lipinski definition) is 5. The number of thiol groups is 1. The van der Waals surface area contributed by atoms with Crippen molar-refractivity contribution in [2.75, 3.05) is 5.75 Å². The molecule has 82 valence electrons. The maximum atomic E-state index is 10.8. The fourth-order valence-corrected chi connectivity index (χ4v) is 3.21. The van der Waals surface area contributed by atoms with Crippen molar-refractivity contribution >= 4 is 20.5 Å². The van der Waals surface area contributed by atoms with Crippen LogP contribution in [0.15, 0.2) is 0 Å². The first-order valence-corrected chi connectivity index (χ1v) is 7.11. The van der Waals surface area contributed by atoms with Crippen molar-refractivity contribution in [2.45, 2.75) is 44.5 Å². The highest BCUT2D eigenvalue weighted by atomic mass is 32.1. The first-order valence-electron chi connectivity index (χ1n) is 5.01. The minimum Gasteiger partial charge on any atom is -0.227 e. The van der Waals surface area contributed by atoms with Crippen LogP contribution in [-0.2, 0) is 18.1 Å². The topological polar surface area (TPSA) is 44.8 Å². The molecule has 0 aromatic rings. The van der Waals surface area contributed by atoms with Crippen LogP contribution in [0.1, 0.15) is 38.5 Å². The molecule has 3 fully saturated rings. The van der Waals surface area contributed by atoms with E-state index in [4.69, 9.17) is 13.6 Å². The Hall–Kier alpha value is 0.460. The van der Waals surface area contributed by atoms with Gasteiger partial charge in [-0.3, -0.25) is 0 Å². The van der Waals surface area contributed by atoms with Crippen LogP contribution in [0.3, 0.4) is 0 Å². The summed E-state index contributed by atoms with van der Waals surface area (Å²) < 4.78 is 25.6. The van der Waals surface area contributed by atoms with Crippen LogP contribution in [0.2, 0.25) is 0 Å². The number of unbranched alkanes of at least 4 members (excludes halogenated alkanes) is 4. The molecule has 6 heteroatoms. The van der Waals surface area contributed by atoms with Gasteiger partial charge in [0.25, 0.3) is 0 Å². The van der Waals surface area contributed by atoms with E-state index < -0.39 is 13.8 Å². The molecule has 0 aromatic carbocycles. The van der Waals surface area contributed by atoms with Gasteiger partial charge in [-0.2, -0.15) is 12.6 Å². The van der Waals surface area contributed by atoms with Crippen molar-refractivity contribution < 1.29 is 18.1 Å². The monoisotopic (exact) mass is 238 g/mol. The van der Waals surface area contributed by atoms with E-state index in [1.54, 1.807) is 0 Å². The van der Waals surface area contributed by atoms with Gasteiger partial charge in [0, 0.05) is 6.42 Å². The lowest BCUT2D eigenvalue weighted by atomic mass is 10.1. The molecule has 0 radical (unpaired) electrons. The molecule has 0 N–H and O–H groups in total. The van der Waals surface area contributed by atoms with E-state index in [1.165, 1.54) is 19.3 Å². The average molecular weight is 238 g/mol. The Morgan fingerprint density at radius 3 is 2.14 bits per heavy atom. The summed E-state index contributed by atoms with van der Waals surface area (Å²) in [7, 11) is -2.96. The highest BCUT2D eigenvalue weighted by molar-refractivity contribution is 7.80. The van der Waals surface area contributed by atoms with E-state index in [-0.39, 0.29) is 0 Å². The van der Waals surface area contributed by atoms with E-state index in [9.17, 15) is 4.57 Å². The number of phosphoric ester groups is 1. The molecule has 0 aromatic heterocycles. The third kappa shape index (κ3) is 2.17. The predicted octanol–water partition coefficient (Wildman–Crippen LogP) is 3.10. The Morgan fingerprint density at radius 2 is 1.57 bits per heavy atom. The molecule has 0 amide bonds. The number of rotatable bonds is 7. The molecule has 0 spiro atoms. The van der Waals surface area contributed by atoms with Gasteiger partial charge < -0.3 is 0 Å². The summed E-state index contributed by atoms with van der Waals surface area (Å²) in [6.45, 7) is 0. The summed E-state index contributed by atoms with van der Waals surface area (Å²) in [6.07, 6.45) is 6.42. The van der Waals surface area contributed by atoms with Gasteiger partial charge in [0.2, 0.25) is 0 Å². The van der Waals surface area contributed by atoms with E-state index in [0.29, 0.717) is 6.42 Å². The number of phosphoric acid groups is 1. The van der Waals surface area contributed by atoms with Crippen molar-refractivity contribution in [3.8, 4) is 0 Å². The highest BCUT2D eigenvalue weighted by Crippen LogP contribution is 2.81. The molecule has 3 heterocycles. The second-order valence-corrected chi connectivity index (χ2v) is 5.53. The zero-order chi connectivity index (χ0) is 10.1. The van der Waals surface area contributed by atoms with Gasteiger partial charge in [0.1, 0.15) is 0 Å².